The van der Waals surface area contributed by atoms with Crippen molar-refractivity contribution in [3.63, 3.8) is 0 Å². The average molecular weight is 180 g/mol. The van der Waals surface area contributed by atoms with Gasteiger partial charge in [-0.1, -0.05) is 12.2 Å². The molecule has 66 valence electrons. The Morgan fingerprint density at radius 2 is 2.00 bits per heavy atom. The highest BCUT2D eigenvalue weighted by Crippen LogP contribution is 2.47. The van der Waals surface area contributed by atoms with E-state index in [0.717, 1.165) is 6.08 Å². The Bertz CT molecular complexity index is 277. The van der Waals surface area contributed by atoms with Crippen molar-refractivity contribution in [2.75, 3.05) is 0 Å². The molecule has 1 saturated heterocycles. The molecule has 1 nitrogen and oxygen atoms in total. The number of alkyl halides is 2. The Morgan fingerprint density at radius 3 is 2.33 bits per heavy atom. The smallest absolute Gasteiger partial charge is 0.306 e. The second kappa shape index (κ2) is 2.10. The third-order valence-electron chi connectivity index (χ3n) is 1.96. The van der Waals surface area contributed by atoms with Crippen molar-refractivity contribution in [3.8, 4) is 0 Å². The van der Waals surface area contributed by atoms with Gasteiger partial charge in [-0.15, -0.1) is 0 Å². The van der Waals surface area contributed by atoms with Gasteiger partial charge >= 0.3 is 5.92 Å². The second-order valence-corrected chi connectivity index (χ2v) is 2.66. The normalized spacial score (nSPS) is 36.2. The molecule has 12 heavy (non-hydrogen) atoms. The number of hydrogen-bond donors (Lipinski definition) is 0. The van der Waals surface area contributed by atoms with E-state index in [2.05, 4.69) is 4.74 Å². The Labute approximate surface area is 65.3 Å². The lowest BCUT2D eigenvalue weighted by Crippen LogP contribution is -2.30. The van der Waals surface area contributed by atoms with Crippen molar-refractivity contribution in [1.29, 1.82) is 0 Å². The van der Waals surface area contributed by atoms with Gasteiger partial charge in [0.05, 0.1) is 5.57 Å². The third kappa shape index (κ3) is 0.769. The van der Waals surface area contributed by atoms with Crippen LogP contribution in [0.5, 0.6) is 0 Å². The van der Waals surface area contributed by atoms with Crippen molar-refractivity contribution in [3.05, 3.63) is 23.8 Å². The number of rotatable bonds is 0. The molecule has 0 aromatic heterocycles. The number of ether oxygens (including phenoxy) is 1. The molecule has 5 heteroatoms. The fraction of sp³-hybridized carbons (Fsp3) is 0.429. The van der Waals surface area contributed by atoms with Crippen molar-refractivity contribution >= 4 is 0 Å². The molecule has 2 rings (SSSR count). The highest BCUT2D eigenvalue weighted by Gasteiger charge is 2.58. The molecule has 0 aromatic rings. The molecule has 0 saturated carbocycles. The molecule has 0 spiro atoms. The summed E-state index contributed by atoms with van der Waals surface area (Å²) in [7, 11) is 0. The first-order chi connectivity index (χ1) is 5.53. The zero-order valence-electron chi connectivity index (χ0n) is 5.73. The van der Waals surface area contributed by atoms with Gasteiger partial charge < -0.3 is 4.74 Å². The molecular weight excluding hydrogens is 176 g/mol. The minimum atomic E-state index is -3.53. The fourth-order valence-corrected chi connectivity index (χ4v) is 1.40. The summed E-state index contributed by atoms with van der Waals surface area (Å²) in [6, 6.07) is 0. The van der Waals surface area contributed by atoms with Gasteiger partial charge in [0.2, 0.25) is 0 Å². The summed E-state index contributed by atoms with van der Waals surface area (Å²) < 4.78 is 54.2. The second-order valence-electron chi connectivity index (χ2n) is 2.66. The minimum Gasteiger partial charge on any atom is -0.355 e. The van der Waals surface area contributed by atoms with Crippen molar-refractivity contribution < 1.29 is 22.3 Å². The maximum atomic E-state index is 12.8. The van der Waals surface area contributed by atoms with Gasteiger partial charge in [-0.05, 0) is 0 Å². The molecule has 1 fully saturated rings. The van der Waals surface area contributed by atoms with Crippen LogP contribution in [0.2, 0.25) is 0 Å². The Kier molecular flexibility index (Phi) is 1.36. The first kappa shape index (κ1) is 7.79. The van der Waals surface area contributed by atoms with Crippen LogP contribution in [0.3, 0.4) is 0 Å². The molecular formula is C7H4F4O. The average Bonchev–Trinajstić information content (AvgIpc) is 2.41. The van der Waals surface area contributed by atoms with Gasteiger partial charge in [0.15, 0.2) is 0 Å². The Balaban J connectivity index is 2.50. The van der Waals surface area contributed by atoms with E-state index in [9.17, 15) is 17.6 Å². The van der Waals surface area contributed by atoms with E-state index < -0.39 is 29.8 Å². The highest BCUT2D eigenvalue weighted by atomic mass is 19.3. The van der Waals surface area contributed by atoms with Crippen molar-refractivity contribution in [1.82, 2.24) is 0 Å². The van der Waals surface area contributed by atoms with Crippen LogP contribution in [0.15, 0.2) is 23.8 Å². The molecule has 0 aliphatic carbocycles. The van der Waals surface area contributed by atoms with E-state index in [-0.39, 0.29) is 0 Å². The Hall–Kier alpha value is -0.840. The molecule has 2 atom stereocenters. The number of hydrogen-bond acceptors (Lipinski definition) is 1. The molecule has 2 heterocycles. The predicted octanol–water partition coefficient (Wildman–Crippen LogP) is 2.11. The summed E-state index contributed by atoms with van der Waals surface area (Å²) in [5, 5.41) is 0. The van der Waals surface area contributed by atoms with Gasteiger partial charge in [-0.3, -0.25) is 0 Å². The van der Waals surface area contributed by atoms with Crippen molar-refractivity contribution in [2.45, 2.75) is 18.1 Å². The van der Waals surface area contributed by atoms with Crippen LogP contribution >= 0.6 is 0 Å². The molecule has 2 aliphatic heterocycles. The quantitative estimate of drug-likeness (QED) is 0.409. The largest absolute Gasteiger partial charge is 0.355 e. The van der Waals surface area contributed by atoms with Gasteiger partial charge in [0.1, 0.15) is 12.2 Å². The van der Waals surface area contributed by atoms with Gasteiger partial charge in [-0.25, -0.2) is 0 Å². The summed E-state index contributed by atoms with van der Waals surface area (Å²) in [5.41, 5.74) is -1.19. The lowest BCUT2D eigenvalue weighted by atomic mass is 9.98. The van der Waals surface area contributed by atoms with E-state index in [4.69, 9.17) is 0 Å². The van der Waals surface area contributed by atoms with Gasteiger partial charge in [0.25, 0.3) is 6.08 Å². The molecule has 2 unspecified atom stereocenters. The van der Waals surface area contributed by atoms with E-state index in [0.29, 0.717) is 0 Å². The van der Waals surface area contributed by atoms with Crippen LogP contribution in [0.1, 0.15) is 0 Å². The van der Waals surface area contributed by atoms with E-state index in [1.807, 2.05) is 0 Å². The molecule has 2 bridgehead atoms. The molecule has 0 N–H and O–H groups in total. The monoisotopic (exact) mass is 180 g/mol. The molecule has 0 aromatic carbocycles. The maximum absolute atomic E-state index is 12.8. The summed E-state index contributed by atoms with van der Waals surface area (Å²) in [6.45, 7) is 0. The maximum Gasteiger partial charge on any atom is 0.306 e. The highest BCUT2D eigenvalue weighted by molar-refractivity contribution is 5.37. The first-order valence-electron chi connectivity index (χ1n) is 3.30. The van der Waals surface area contributed by atoms with Crippen LogP contribution in [0.4, 0.5) is 17.6 Å². The van der Waals surface area contributed by atoms with E-state index in [1.165, 1.54) is 6.08 Å². The molecule has 0 radical (unpaired) electrons. The van der Waals surface area contributed by atoms with Crippen LogP contribution in [-0.4, -0.2) is 18.1 Å². The van der Waals surface area contributed by atoms with Gasteiger partial charge in [-0.2, -0.15) is 17.6 Å². The van der Waals surface area contributed by atoms with E-state index >= 15 is 0 Å². The lowest BCUT2D eigenvalue weighted by molar-refractivity contribution is -0.0297. The zero-order chi connectivity index (χ0) is 8.93. The zero-order valence-corrected chi connectivity index (χ0v) is 5.73. The Morgan fingerprint density at radius 1 is 1.33 bits per heavy atom. The standard InChI is InChI=1S/C7H4F4O/c8-6(9)5-3-1-2-4(12-3)7(5,10)11/h1-4H. The lowest BCUT2D eigenvalue weighted by Gasteiger charge is -2.15. The van der Waals surface area contributed by atoms with Gasteiger partial charge in [0, 0.05) is 0 Å². The van der Waals surface area contributed by atoms with E-state index in [1.54, 1.807) is 0 Å². The third-order valence-corrected chi connectivity index (χ3v) is 1.96. The van der Waals surface area contributed by atoms with Crippen LogP contribution in [-0.2, 0) is 4.74 Å². The first-order valence-corrected chi connectivity index (χ1v) is 3.30. The number of halogens is 4. The summed E-state index contributed by atoms with van der Waals surface area (Å²) in [4.78, 5) is 0. The van der Waals surface area contributed by atoms with Crippen LogP contribution in [0.25, 0.3) is 0 Å². The summed E-state index contributed by atoms with van der Waals surface area (Å²) in [5.74, 6) is -3.53. The SMILES string of the molecule is FC(F)=C1C2C=CC(O2)C1(F)F. The predicted molar refractivity (Wildman–Crippen MR) is 32.0 cm³/mol. The summed E-state index contributed by atoms with van der Waals surface area (Å²) in [6.07, 6.45) is -2.74. The molecule has 0 amide bonds. The van der Waals surface area contributed by atoms with Crippen molar-refractivity contribution in [2.24, 2.45) is 0 Å². The minimum absolute atomic E-state index is 1.11. The summed E-state index contributed by atoms with van der Waals surface area (Å²) >= 11 is 0. The fourth-order valence-electron chi connectivity index (χ4n) is 1.40. The number of fused-ring (bicyclic) bond motifs is 2. The van der Waals surface area contributed by atoms with Crippen LogP contribution in [0, 0.1) is 0 Å². The van der Waals surface area contributed by atoms with Crippen LogP contribution < -0.4 is 0 Å². The molecule has 2 aliphatic rings. The topological polar surface area (TPSA) is 9.23 Å².